The summed E-state index contributed by atoms with van der Waals surface area (Å²) in [6, 6.07) is 51.0. The number of hydrogen-bond acceptors (Lipinski definition) is 0. The smallest absolute Gasteiger partial charge is 0.0656 e. The Labute approximate surface area is 468 Å². The summed E-state index contributed by atoms with van der Waals surface area (Å²) in [5.41, 5.74) is 11.7. The van der Waals surface area contributed by atoms with Gasteiger partial charge in [0.15, 0.2) is 0 Å². The third-order valence-electron chi connectivity index (χ3n) is 16.6. The Hall–Kier alpha value is -3.98. The molecule has 0 fully saturated rings. The molecule has 0 radical (unpaired) electrons. The van der Waals surface area contributed by atoms with Crippen molar-refractivity contribution in [2.24, 2.45) is 0 Å². The van der Waals surface area contributed by atoms with Crippen molar-refractivity contribution in [1.29, 1.82) is 0 Å². The number of benzene rings is 9. The Morgan fingerprint density at radius 1 is 0.197 bits per heavy atom. The van der Waals surface area contributed by atoms with Crippen LogP contribution in [0.15, 0.2) is 121 Å². The first-order chi connectivity index (χ1) is 34.8. The van der Waals surface area contributed by atoms with Crippen molar-refractivity contribution in [3.05, 3.63) is 121 Å². The lowest BCUT2D eigenvalue weighted by Crippen LogP contribution is -2.47. The van der Waals surface area contributed by atoms with Crippen molar-refractivity contribution >= 4 is 149 Å². The lowest BCUT2D eigenvalue weighted by atomic mass is 9.83. The van der Waals surface area contributed by atoms with E-state index in [1.807, 2.05) is 0 Å². The van der Waals surface area contributed by atoms with Crippen LogP contribution in [0.4, 0.5) is 0 Å². The minimum Gasteiger partial charge on any atom is -0.0656 e. The van der Waals surface area contributed by atoms with Gasteiger partial charge in [0.2, 0.25) is 0 Å². The zero-order valence-corrected chi connectivity index (χ0v) is 59.5. The monoisotopic (exact) mass is 1130 g/mol. The summed E-state index contributed by atoms with van der Waals surface area (Å²) in [7, 11) is -14.6. The van der Waals surface area contributed by atoms with Gasteiger partial charge in [0.05, 0.1) is 64.6 Å². The number of hydrogen-bond donors (Lipinski definition) is 0. The zero-order chi connectivity index (χ0) is 56.0. The Morgan fingerprint density at radius 3 is 0.474 bits per heavy atom. The quantitative estimate of drug-likeness (QED) is 0.0650. The van der Waals surface area contributed by atoms with Crippen LogP contribution in [0.1, 0.15) is 0 Å². The molecule has 0 spiro atoms. The van der Waals surface area contributed by atoms with Gasteiger partial charge in [-0.05, 0) is 136 Å². The standard InChI is InChI=1S/C68H92Si8/c1-69(2,3)55-29-25-30-56(70(4,5)6)65(55)47-37-45-38-48(66-57(71(7,8)9)31-26-32-58(66)72(10,11)12)43-53-54-44-50(68-61(75(19,20)21)35-28-36-62(68)76(22,23)24)40-46-39-49(42-52(64(46)54)51(41-47)63(45)53)67-59(73(13,14)15)33-27-34-60(67)74(16,17)18/h25-44H,1-24H3. The summed E-state index contributed by atoms with van der Waals surface area (Å²) in [5.74, 6) is 0. The van der Waals surface area contributed by atoms with Gasteiger partial charge in [-0.3, -0.25) is 0 Å². The van der Waals surface area contributed by atoms with E-state index < -0.39 is 64.6 Å². The molecule has 8 heteroatoms. The SMILES string of the molecule is C[Si](C)(C)c1cccc([Si](C)(C)C)c1-c1cc2cc(-c3c([Si](C)(C)C)cccc3[Si](C)(C)C)cc3c4cc(-c5c([Si](C)(C)C)cccc5[Si](C)(C)C)cc5cc(-c6c([Si](C)(C)C)cccc6[Si](C)(C)C)cc(c(c1)c23)c54. The van der Waals surface area contributed by atoms with E-state index in [1.165, 1.54) is 87.6 Å². The van der Waals surface area contributed by atoms with Crippen LogP contribution in [-0.4, -0.2) is 64.6 Å². The Kier molecular flexibility index (Phi) is 14.0. The van der Waals surface area contributed by atoms with Crippen LogP contribution in [0, 0.1) is 0 Å². The largest absolute Gasteiger partial charge is 0.0784 e. The molecule has 0 amide bonds. The highest BCUT2D eigenvalue weighted by Gasteiger charge is 2.34. The molecule has 0 aliphatic carbocycles. The minimum atomic E-state index is -1.82. The lowest BCUT2D eigenvalue weighted by Gasteiger charge is -2.31. The summed E-state index contributed by atoms with van der Waals surface area (Å²) >= 11 is 0. The van der Waals surface area contributed by atoms with Crippen LogP contribution in [0.25, 0.3) is 87.6 Å². The molecule has 9 aromatic rings. The molecule has 0 heterocycles. The second-order valence-corrected chi connectivity index (χ2v) is 71.5. The molecule has 0 atom stereocenters. The van der Waals surface area contributed by atoms with Gasteiger partial charge in [-0.2, -0.15) is 0 Å². The van der Waals surface area contributed by atoms with E-state index in [2.05, 4.69) is 278 Å². The molecule has 0 N–H and O–H groups in total. The van der Waals surface area contributed by atoms with E-state index >= 15 is 0 Å². The molecule has 0 saturated heterocycles. The molecule has 0 saturated carbocycles. The second-order valence-electron chi connectivity index (χ2n) is 31.2. The van der Waals surface area contributed by atoms with Gasteiger partial charge in [0, 0.05) is 0 Å². The van der Waals surface area contributed by atoms with Crippen LogP contribution >= 0.6 is 0 Å². The molecule has 396 valence electrons. The Balaban J connectivity index is 1.62. The molecule has 0 unspecified atom stereocenters. The van der Waals surface area contributed by atoms with Gasteiger partial charge in [0.25, 0.3) is 0 Å². The highest BCUT2D eigenvalue weighted by molar-refractivity contribution is 6.96. The third-order valence-corrected chi connectivity index (χ3v) is 32.8. The fraction of sp³-hybridized carbons (Fsp3) is 0.353. The average molecular weight is 1130 g/mol. The molecule has 0 nitrogen and oxygen atoms in total. The van der Waals surface area contributed by atoms with Crippen molar-refractivity contribution in [3.63, 3.8) is 0 Å². The van der Waals surface area contributed by atoms with Crippen molar-refractivity contribution in [2.75, 3.05) is 0 Å². The van der Waals surface area contributed by atoms with Crippen LogP contribution in [-0.2, 0) is 0 Å². The Bertz CT molecular complexity index is 3150. The molecule has 9 aromatic carbocycles. The Morgan fingerprint density at radius 2 is 0.342 bits per heavy atom. The maximum absolute atomic E-state index is 2.70. The highest BCUT2D eigenvalue weighted by Crippen LogP contribution is 2.47. The predicted molar refractivity (Wildman–Crippen MR) is 373 cm³/mol. The minimum absolute atomic E-state index is 1.38. The maximum atomic E-state index is 2.70. The number of rotatable bonds is 12. The van der Waals surface area contributed by atoms with Gasteiger partial charge in [-0.1, -0.05) is 271 Å². The van der Waals surface area contributed by atoms with E-state index in [0.29, 0.717) is 0 Å². The van der Waals surface area contributed by atoms with Crippen molar-refractivity contribution in [2.45, 2.75) is 157 Å². The highest BCUT2D eigenvalue weighted by atomic mass is 28.3. The summed E-state index contributed by atoms with van der Waals surface area (Å²) < 4.78 is 0. The first-order valence-electron chi connectivity index (χ1n) is 28.6. The first-order valence-corrected chi connectivity index (χ1v) is 56.6. The van der Waals surface area contributed by atoms with Crippen LogP contribution < -0.4 is 41.5 Å². The van der Waals surface area contributed by atoms with E-state index in [1.54, 1.807) is 41.5 Å². The molecule has 0 aromatic heterocycles. The topological polar surface area (TPSA) is 0 Å². The van der Waals surface area contributed by atoms with Gasteiger partial charge in [0.1, 0.15) is 0 Å². The van der Waals surface area contributed by atoms with Crippen molar-refractivity contribution in [3.8, 4) is 44.5 Å². The van der Waals surface area contributed by atoms with Gasteiger partial charge in [-0.25, -0.2) is 0 Å². The summed E-state index contributed by atoms with van der Waals surface area (Å²) in [5, 5.41) is 23.9. The van der Waals surface area contributed by atoms with E-state index in [9.17, 15) is 0 Å². The van der Waals surface area contributed by atoms with Crippen LogP contribution in [0.3, 0.4) is 0 Å². The summed E-state index contributed by atoms with van der Waals surface area (Å²) in [6.45, 7) is 61.5. The third kappa shape index (κ3) is 10.3. The van der Waals surface area contributed by atoms with Crippen molar-refractivity contribution < 1.29 is 0 Å². The lowest BCUT2D eigenvalue weighted by molar-refractivity contribution is 1.62. The fourth-order valence-electron chi connectivity index (χ4n) is 12.9. The molecular formula is C68H92Si8. The molecule has 0 aliphatic heterocycles. The normalized spacial score (nSPS) is 13.8. The summed E-state index contributed by atoms with van der Waals surface area (Å²) in [6.07, 6.45) is 0. The zero-order valence-electron chi connectivity index (χ0n) is 51.5. The van der Waals surface area contributed by atoms with Crippen LogP contribution in [0.2, 0.25) is 157 Å². The second kappa shape index (κ2) is 18.8. The summed E-state index contributed by atoms with van der Waals surface area (Å²) in [4.78, 5) is 0. The maximum Gasteiger partial charge on any atom is 0.0784 e. The molecular weight excluding hydrogens is 1040 g/mol. The fourth-order valence-corrected chi connectivity index (χ4v) is 26.4. The molecule has 76 heavy (non-hydrogen) atoms. The van der Waals surface area contributed by atoms with Crippen molar-refractivity contribution in [1.82, 2.24) is 0 Å². The molecule has 0 aliphatic rings. The van der Waals surface area contributed by atoms with E-state index in [4.69, 9.17) is 0 Å². The molecule has 0 bridgehead atoms. The first kappa shape index (κ1) is 56.7. The van der Waals surface area contributed by atoms with E-state index in [0.717, 1.165) is 0 Å². The molecule has 9 rings (SSSR count). The van der Waals surface area contributed by atoms with E-state index in [-0.39, 0.29) is 0 Å². The van der Waals surface area contributed by atoms with Crippen LogP contribution in [0.5, 0.6) is 0 Å². The van der Waals surface area contributed by atoms with Gasteiger partial charge < -0.3 is 0 Å². The number of fused-ring (bicyclic) bond motifs is 2. The average Bonchev–Trinajstić information content (AvgIpc) is 3.31. The predicted octanol–water partition coefficient (Wildman–Crippen LogP) is 16.8. The van der Waals surface area contributed by atoms with Gasteiger partial charge >= 0.3 is 0 Å². The van der Waals surface area contributed by atoms with Gasteiger partial charge in [-0.15, -0.1) is 0 Å².